The van der Waals surface area contributed by atoms with E-state index in [0.717, 1.165) is 49.0 Å². The highest BCUT2D eigenvalue weighted by molar-refractivity contribution is 7.09. The maximum atomic E-state index is 13.0. The molecule has 2 N–H and O–H groups in total. The van der Waals surface area contributed by atoms with Gasteiger partial charge in [-0.2, -0.15) is 0 Å². The molecule has 2 fully saturated rings. The lowest BCUT2D eigenvalue weighted by atomic mass is 9.82. The van der Waals surface area contributed by atoms with Crippen molar-refractivity contribution in [3.63, 3.8) is 0 Å². The number of rotatable bonds is 9. The van der Waals surface area contributed by atoms with Crippen molar-refractivity contribution in [3.8, 4) is 0 Å². The number of imidazole rings is 1. The van der Waals surface area contributed by atoms with E-state index in [0.29, 0.717) is 23.7 Å². The molecule has 0 spiro atoms. The predicted molar refractivity (Wildman–Crippen MR) is 149 cm³/mol. The van der Waals surface area contributed by atoms with Crippen LogP contribution in [-0.2, 0) is 11.2 Å². The molecule has 0 radical (unpaired) electrons. The lowest BCUT2D eigenvalue weighted by Gasteiger charge is -2.47. The molecule has 2 aromatic heterocycles. The fraction of sp³-hybridized carbons (Fsp3) is 0.552. The molecule has 8 heteroatoms. The second kappa shape index (κ2) is 11.4. The van der Waals surface area contributed by atoms with Crippen molar-refractivity contribution in [1.82, 2.24) is 25.1 Å². The number of piperidine rings is 2. The summed E-state index contributed by atoms with van der Waals surface area (Å²) in [7, 11) is 2.21. The molecule has 2 bridgehead atoms. The zero-order valence-electron chi connectivity index (χ0n) is 22.2. The first-order valence-electron chi connectivity index (χ1n) is 13.8. The summed E-state index contributed by atoms with van der Waals surface area (Å²) in [4.78, 5) is 34.3. The lowest BCUT2D eigenvalue weighted by Crippen LogP contribution is -2.56. The SMILES string of the molecule is CCC(CC)n1c(Cc2cccs2)nc2cc(C(=O)NCC(=O)NC3CC4CCCC(C3)N4C)ccc21. The van der Waals surface area contributed by atoms with Crippen LogP contribution in [0.25, 0.3) is 11.0 Å². The van der Waals surface area contributed by atoms with E-state index in [2.05, 4.69) is 58.5 Å². The van der Waals surface area contributed by atoms with Gasteiger partial charge in [-0.3, -0.25) is 9.59 Å². The first-order valence-corrected chi connectivity index (χ1v) is 14.7. The molecule has 2 aliphatic heterocycles. The monoisotopic (exact) mass is 521 g/mol. The zero-order valence-corrected chi connectivity index (χ0v) is 23.0. The summed E-state index contributed by atoms with van der Waals surface area (Å²) in [6.07, 6.45) is 8.52. The molecule has 2 saturated heterocycles. The van der Waals surface area contributed by atoms with Gasteiger partial charge in [0.05, 0.1) is 17.6 Å². The van der Waals surface area contributed by atoms with Crippen LogP contribution < -0.4 is 10.6 Å². The van der Waals surface area contributed by atoms with Crippen LogP contribution in [0.2, 0.25) is 0 Å². The van der Waals surface area contributed by atoms with Crippen LogP contribution in [0, 0.1) is 0 Å². The summed E-state index contributed by atoms with van der Waals surface area (Å²) >= 11 is 1.74. The molecule has 0 saturated carbocycles. The molecule has 1 aromatic carbocycles. The van der Waals surface area contributed by atoms with Gasteiger partial charge >= 0.3 is 0 Å². The number of nitrogens with zero attached hydrogens (tertiary/aromatic N) is 3. The van der Waals surface area contributed by atoms with Crippen LogP contribution >= 0.6 is 11.3 Å². The maximum Gasteiger partial charge on any atom is 0.251 e. The Morgan fingerprint density at radius 3 is 2.57 bits per heavy atom. The third kappa shape index (κ3) is 5.60. The summed E-state index contributed by atoms with van der Waals surface area (Å²) < 4.78 is 2.35. The molecule has 2 atom stereocenters. The van der Waals surface area contributed by atoms with Crippen molar-refractivity contribution < 1.29 is 9.59 Å². The number of amides is 2. The van der Waals surface area contributed by atoms with Crippen LogP contribution in [-0.4, -0.2) is 58.0 Å². The van der Waals surface area contributed by atoms with E-state index >= 15 is 0 Å². The van der Waals surface area contributed by atoms with Gasteiger partial charge in [-0.25, -0.2) is 4.98 Å². The molecule has 0 aliphatic carbocycles. The summed E-state index contributed by atoms with van der Waals surface area (Å²) in [5, 5.41) is 8.08. The normalized spacial score (nSPS) is 21.9. The average molecular weight is 522 g/mol. The zero-order chi connectivity index (χ0) is 25.9. The number of hydrogen-bond acceptors (Lipinski definition) is 5. The highest BCUT2D eigenvalue weighted by atomic mass is 32.1. The molecular formula is C29H39N5O2S. The second-order valence-corrected chi connectivity index (χ2v) is 11.7. The minimum Gasteiger partial charge on any atom is -0.352 e. The van der Waals surface area contributed by atoms with Crippen LogP contribution in [0.5, 0.6) is 0 Å². The Bertz CT molecular complexity index is 1220. The van der Waals surface area contributed by atoms with Gasteiger partial charge in [-0.05, 0) is 75.2 Å². The number of thiophene rings is 1. The highest BCUT2D eigenvalue weighted by Gasteiger charge is 2.36. The number of carbonyl (C=O) groups is 2. The molecule has 2 unspecified atom stereocenters. The van der Waals surface area contributed by atoms with E-state index in [-0.39, 0.29) is 24.4 Å². The number of hydrogen-bond donors (Lipinski definition) is 2. The Kier molecular flexibility index (Phi) is 7.95. The van der Waals surface area contributed by atoms with Crippen molar-refractivity contribution in [2.45, 2.75) is 89.4 Å². The summed E-state index contributed by atoms with van der Waals surface area (Å²) in [6, 6.07) is 11.6. The first kappa shape index (κ1) is 25.9. The predicted octanol–water partition coefficient (Wildman–Crippen LogP) is 4.91. The first-order chi connectivity index (χ1) is 18.0. The Hall–Kier alpha value is -2.71. The third-order valence-corrected chi connectivity index (χ3v) is 9.24. The third-order valence-electron chi connectivity index (χ3n) is 8.36. The minimum atomic E-state index is -0.241. The van der Waals surface area contributed by atoms with E-state index < -0.39 is 0 Å². The van der Waals surface area contributed by atoms with Crippen LogP contribution in [0.4, 0.5) is 0 Å². The van der Waals surface area contributed by atoms with E-state index in [1.807, 2.05) is 18.2 Å². The Balaban J connectivity index is 1.25. The number of nitrogens with one attached hydrogen (secondary N) is 2. The van der Waals surface area contributed by atoms with Gasteiger partial charge in [0.15, 0.2) is 0 Å². The number of fused-ring (bicyclic) bond motifs is 3. The van der Waals surface area contributed by atoms with Crippen molar-refractivity contribution in [2.24, 2.45) is 0 Å². The molecule has 7 nitrogen and oxygen atoms in total. The molecule has 37 heavy (non-hydrogen) atoms. The van der Waals surface area contributed by atoms with Gasteiger partial charge in [0, 0.05) is 41.0 Å². The largest absolute Gasteiger partial charge is 0.352 e. The van der Waals surface area contributed by atoms with Gasteiger partial charge in [-0.1, -0.05) is 26.3 Å². The van der Waals surface area contributed by atoms with Gasteiger partial charge in [0.1, 0.15) is 5.82 Å². The molecule has 198 valence electrons. The fourth-order valence-corrected chi connectivity index (χ4v) is 7.02. The van der Waals surface area contributed by atoms with E-state index in [1.165, 1.54) is 24.1 Å². The van der Waals surface area contributed by atoms with Crippen LogP contribution in [0.15, 0.2) is 35.7 Å². The molecule has 2 amide bonds. The summed E-state index contributed by atoms with van der Waals surface area (Å²) in [5.41, 5.74) is 2.42. The number of aromatic nitrogens is 2. The van der Waals surface area contributed by atoms with E-state index in [4.69, 9.17) is 4.98 Å². The second-order valence-electron chi connectivity index (χ2n) is 10.7. The standard InChI is InChI=1S/C29H39N5O2S/c1-4-21(5-2)34-26-12-11-19(14-25(26)32-27(34)17-24-10-7-13-37-24)29(36)30-18-28(35)31-20-15-22-8-6-9-23(16-20)33(22)3/h7,10-14,20-23H,4-6,8-9,15-18H2,1-3H3,(H,30,36)(H,31,35). The van der Waals surface area contributed by atoms with Gasteiger partial charge in [0.25, 0.3) is 5.91 Å². The summed E-state index contributed by atoms with van der Waals surface area (Å²) in [5.74, 6) is 0.679. The lowest BCUT2D eigenvalue weighted by molar-refractivity contribution is -0.121. The molecule has 2 aliphatic rings. The van der Waals surface area contributed by atoms with Crippen molar-refractivity contribution in [1.29, 1.82) is 0 Å². The van der Waals surface area contributed by atoms with Crippen molar-refractivity contribution >= 4 is 34.2 Å². The highest BCUT2D eigenvalue weighted by Crippen LogP contribution is 2.32. The van der Waals surface area contributed by atoms with Gasteiger partial charge in [0.2, 0.25) is 5.91 Å². The molecular weight excluding hydrogens is 482 g/mol. The minimum absolute atomic E-state index is 0.00957. The quantitative estimate of drug-likeness (QED) is 0.419. The number of carbonyl (C=O) groups excluding carboxylic acids is 2. The van der Waals surface area contributed by atoms with Crippen LogP contribution in [0.1, 0.15) is 85.9 Å². The fourth-order valence-electron chi connectivity index (χ4n) is 6.32. The van der Waals surface area contributed by atoms with Crippen molar-refractivity contribution in [2.75, 3.05) is 13.6 Å². The Labute approximate surface area is 223 Å². The van der Waals surface area contributed by atoms with Crippen molar-refractivity contribution in [3.05, 3.63) is 52.0 Å². The van der Waals surface area contributed by atoms with Gasteiger partial charge < -0.3 is 20.1 Å². The van der Waals surface area contributed by atoms with E-state index in [9.17, 15) is 9.59 Å². The van der Waals surface area contributed by atoms with Crippen LogP contribution in [0.3, 0.4) is 0 Å². The average Bonchev–Trinajstić information content (AvgIpc) is 3.52. The molecule has 4 heterocycles. The Morgan fingerprint density at radius 2 is 1.89 bits per heavy atom. The summed E-state index contributed by atoms with van der Waals surface area (Å²) in [6.45, 7) is 4.41. The maximum absolute atomic E-state index is 13.0. The smallest absolute Gasteiger partial charge is 0.251 e. The molecule has 3 aromatic rings. The van der Waals surface area contributed by atoms with E-state index in [1.54, 1.807) is 11.3 Å². The van der Waals surface area contributed by atoms with Gasteiger partial charge in [-0.15, -0.1) is 11.3 Å². The Morgan fingerprint density at radius 1 is 1.14 bits per heavy atom. The number of benzene rings is 1. The molecule has 5 rings (SSSR count). The topological polar surface area (TPSA) is 79.3 Å².